The van der Waals surface area contributed by atoms with E-state index in [9.17, 15) is 0 Å². The third-order valence-electron chi connectivity index (χ3n) is 11.0. The van der Waals surface area contributed by atoms with E-state index in [0.717, 1.165) is 0 Å². The second kappa shape index (κ2) is 33.2. The Kier molecular flexibility index (Phi) is 28.3. The smallest absolute Gasteiger partial charge is 0.0366 e. The topological polar surface area (TPSA) is 6.48 Å². The lowest BCUT2D eigenvalue weighted by Gasteiger charge is -2.25. The molecule has 60 heavy (non-hydrogen) atoms. The van der Waals surface area contributed by atoms with E-state index in [-0.39, 0.29) is 0 Å². The van der Waals surface area contributed by atoms with Crippen LogP contribution in [-0.4, -0.2) is 43.9 Å². The lowest BCUT2D eigenvalue weighted by atomic mass is 10.1. The number of rotatable bonds is 32. The molecule has 4 aromatic carbocycles. The summed E-state index contributed by atoms with van der Waals surface area (Å²) >= 11 is 10.0. The predicted octanol–water partition coefficient (Wildman–Crippen LogP) is 17.8. The minimum atomic E-state index is 1.17. The molecular weight excluding hydrogens is 1180 g/mol. The number of anilines is 2. The first-order valence-electron chi connectivity index (χ1n) is 22.8. The molecule has 0 aromatic heterocycles. The number of hydrogen-bond donors (Lipinski definition) is 0. The largest absolute Gasteiger partial charge is 0.372 e. The quantitative estimate of drug-likeness (QED) is 0.0208. The summed E-state index contributed by atoms with van der Waals surface area (Å²) in [6, 6.07) is 36.1. The fourth-order valence-electron chi connectivity index (χ4n) is 7.35. The zero-order chi connectivity index (χ0) is 42.3. The van der Waals surface area contributed by atoms with Crippen molar-refractivity contribution in [2.24, 2.45) is 0 Å². The highest BCUT2D eigenvalue weighted by molar-refractivity contribution is 14.1. The Labute approximate surface area is 420 Å². The van der Waals surface area contributed by atoms with Crippen molar-refractivity contribution in [3.63, 3.8) is 0 Å². The molecule has 0 saturated carbocycles. The van der Waals surface area contributed by atoms with Gasteiger partial charge in [-0.15, -0.1) is 0 Å². The number of benzene rings is 4. The molecule has 0 bridgehead atoms. The number of nitrogens with zero attached hydrogens (tertiary/aromatic N) is 2. The Balaban J connectivity index is 1.25. The van der Waals surface area contributed by atoms with E-state index in [0.29, 0.717) is 0 Å². The molecule has 0 atom stereocenters. The highest BCUT2D eigenvalue weighted by atomic mass is 127. The Morgan fingerprint density at radius 3 is 0.633 bits per heavy atom. The highest BCUT2D eigenvalue weighted by Gasteiger charge is 2.08. The van der Waals surface area contributed by atoms with Crippen molar-refractivity contribution in [2.45, 2.75) is 103 Å². The fraction of sp³-hybridized carbons (Fsp3) is 0.444. The van der Waals surface area contributed by atoms with Crippen molar-refractivity contribution in [1.82, 2.24) is 0 Å². The summed E-state index contributed by atoms with van der Waals surface area (Å²) in [6.45, 7) is 4.66. The summed E-state index contributed by atoms with van der Waals surface area (Å²) in [7, 11) is 0. The van der Waals surface area contributed by atoms with Gasteiger partial charge in [0.05, 0.1) is 0 Å². The first kappa shape index (κ1) is 51.3. The van der Waals surface area contributed by atoms with Crippen LogP contribution in [0.15, 0.2) is 97.1 Å². The summed E-state index contributed by atoms with van der Waals surface area (Å²) in [5.41, 5.74) is 10.1. The molecule has 2 nitrogen and oxygen atoms in total. The van der Waals surface area contributed by atoms with Gasteiger partial charge in [-0.25, -0.2) is 0 Å². The van der Waals surface area contributed by atoms with E-state index in [1.165, 1.54) is 191 Å². The SMILES string of the molecule is ICCCCCCN(CCCCCCI)c1ccc(C=Cc2ccc(C=Cc3ccc(C=Cc4ccc(N(CCCCCCI)CCCCCCI)cc4)cc3)cc2)cc1. The van der Waals surface area contributed by atoms with Crippen molar-refractivity contribution in [3.8, 4) is 0 Å². The van der Waals surface area contributed by atoms with Gasteiger partial charge in [0.25, 0.3) is 0 Å². The maximum Gasteiger partial charge on any atom is 0.0366 e. The average Bonchev–Trinajstić information content (AvgIpc) is 3.29. The van der Waals surface area contributed by atoms with Crippen LogP contribution < -0.4 is 9.80 Å². The third-order valence-corrected chi connectivity index (χ3v) is 14.1. The van der Waals surface area contributed by atoms with Gasteiger partial charge in [0.15, 0.2) is 0 Å². The van der Waals surface area contributed by atoms with Crippen LogP contribution in [0, 0.1) is 0 Å². The summed E-state index contributed by atoms with van der Waals surface area (Å²) in [5, 5.41) is 0. The zero-order valence-corrected chi connectivity index (χ0v) is 44.7. The molecule has 324 valence electrons. The molecule has 0 radical (unpaired) electrons. The molecule has 4 rings (SSSR count). The number of hydrogen-bond acceptors (Lipinski definition) is 2. The molecule has 0 fully saturated rings. The maximum absolute atomic E-state index is 2.62. The molecule has 0 saturated heterocycles. The highest BCUT2D eigenvalue weighted by Crippen LogP contribution is 2.22. The van der Waals surface area contributed by atoms with Crippen molar-refractivity contribution in [3.05, 3.63) is 130 Å². The van der Waals surface area contributed by atoms with Crippen LogP contribution in [0.25, 0.3) is 36.5 Å². The van der Waals surface area contributed by atoms with Crippen LogP contribution in [0.1, 0.15) is 136 Å². The van der Waals surface area contributed by atoms with Crippen LogP contribution >= 0.6 is 90.4 Å². The van der Waals surface area contributed by atoms with E-state index < -0.39 is 0 Å². The van der Waals surface area contributed by atoms with E-state index >= 15 is 0 Å². The number of halogens is 4. The minimum Gasteiger partial charge on any atom is -0.372 e. The summed E-state index contributed by atoms with van der Waals surface area (Å²) < 4.78 is 5.10. The van der Waals surface area contributed by atoms with Gasteiger partial charge in [-0.05, 0) is 127 Å². The van der Waals surface area contributed by atoms with Gasteiger partial charge in [0.2, 0.25) is 0 Å². The fourth-order valence-corrected chi connectivity index (χ4v) is 9.51. The van der Waals surface area contributed by atoms with Crippen molar-refractivity contribution in [2.75, 3.05) is 53.7 Å². The molecule has 0 aliphatic carbocycles. The van der Waals surface area contributed by atoms with Gasteiger partial charge >= 0.3 is 0 Å². The van der Waals surface area contributed by atoms with E-state index in [1.54, 1.807) is 0 Å². The van der Waals surface area contributed by atoms with Crippen LogP contribution in [0.2, 0.25) is 0 Å². The maximum atomic E-state index is 2.62. The molecule has 4 aromatic rings. The standard InChI is InChI=1S/C54H70I4N2/c55-39-9-1-5-13-43-59(44-14-6-2-10-40-56)53-35-31-51(32-36-53)29-27-49-23-19-47(20-24-49)17-18-48-21-25-50(26-22-48)28-30-52-33-37-54(38-34-52)60(45-15-7-3-11-41-57)46-16-8-4-12-42-58/h17-38H,1-16,39-46H2. The first-order chi connectivity index (χ1) is 29.6. The average molecular weight is 1250 g/mol. The van der Waals surface area contributed by atoms with E-state index in [4.69, 9.17) is 0 Å². The van der Waals surface area contributed by atoms with Crippen LogP contribution in [-0.2, 0) is 0 Å². The number of unbranched alkanes of at least 4 members (excludes halogenated alkanes) is 12. The van der Waals surface area contributed by atoms with Gasteiger partial charge in [-0.1, -0.05) is 251 Å². The first-order valence-corrected chi connectivity index (χ1v) is 28.9. The van der Waals surface area contributed by atoms with E-state index in [1.807, 2.05) is 0 Å². The second-order valence-electron chi connectivity index (χ2n) is 15.9. The normalized spacial score (nSPS) is 11.7. The Morgan fingerprint density at radius 1 is 0.250 bits per heavy atom. The Bertz CT molecular complexity index is 1590. The predicted molar refractivity (Wildman–Crippen MR) is 306 cm³/mol. The van der Waals surface area contributed by atoms with Crippen molar-refractivity contribution in [1.29, 1.82) is 0 Å². The van der Waals surface area contributed by atoms with Crippen LogP contribution in [0.5, 0.6) is 0 Å². The summed E-state index contributed by atoms with van der Waals surface area (Å²) in [5.74, 6) is 0. The molecule has 0 heterocycles. The molecular formula is C54H70I4N2. The van der Waals surface area contributed by atoms with Gasteiger partial charge < -0.3 is 9.80 Å². The molecule has 0 N–H and O–H groups in total. The van der Waals surface area contributed by atoms with Gasteiger partial charge in [0, 0.05) is 37.6 Å². The van der Waals surface area contributed by atoms with Crippen molar-refractivity contribution >= 4 is 138 Å². The van der Waals surface area contributed by atoms with Gasteiger partial charge in [-0.3, -0.25) is 0 Å². The van der Waals surface area contributed by atoms with Crippen LogP contribution in [0.3, 0.4) is 0 Å². The Morgan fingerprint density at radius 2 is 0.433 bits per heavy atom. The molecule has 6 heteroatoms. The molecule has 0 spiro atoms. The van der Waals surface area contributed by atoms with Crippen LogP contribution in [0.4, 0.5) is 11.4 Å². The second-order valence-corrected chi connectivity index (χ2v) is 20.2. The summed E-state index contributed by atoms with van der Waals surface area (Å²) in [4.78, 5) is 5.25. The monoisotopic (exact) mass is 1250 g/mol. The lowest BCUT2D eigenvalue weighted by molar-refractivity contribution is 0.612. The minimum absolute atomic E-state index is 1.17. The third kappa shape index (κ3) is 21.8. The zero-order valence-electron chi connectivity index (χ0n) is 36.1. The van der Waals surface area contributed by atoms with Gasteiger partial charge in [-0.2, -0.15) is 0 Å². The lowest BCUT2D eigenvalue weighted by Crippen LogP contribution is -2.25. The van der Waals surface area contributed by atoms with E-state index in [2.05, 4.69) is 234 Å². The molecule has 0 amide bonds. The molecule has 0 aliphatic heterocycles. The molecule has 0 aliphatic rings. The summed E-state index contributed by atoms with van der Waals surface area (Å²) in [6.07, 6.45) is 34.6. The Hall–Kier alpha value is -1.38. The van der Waals surface area contributed by atoms with Gasteiger partial charge in [0.1, 0.15) is 0 Å². The van der Waals surface area contributed by atoms with Crippen molar-refractivity contribution < 1.29 is 0 Å². The number of alkyl halides is 4. The molecule has 0 unspecified atom stereocenters.